The van der Waals surface area contributed by atoms with Gasteiger partial charge in [0.1, 0.15) is 5.75 Å². The fourth-order valence-corrected chi connectivity index (χ4v) is 3.55. The number of nitrogens with one attached hydrogen (secondary N) is 1. The van der Waals surface area contributed by atoms with E-state index >= 15 is 0 Å². The van der Waals surface area contributed by atoms with Gasteiger partial charge < -0.3 is 10.8 Å². The van der Waals surface area contributed by atoms with Gasteiger partial charge in [0.2, 0.25) is 0 Å². The van der Waals surface area contributed by atoms with E-state index in [2.05, 4.69) is 4.72 Å². The molecule has 0 saturated heterocycles. The van der Waals surface area contributed by atoms with Gasteiger partial charge >= 0.3 is 0 Å². The minimum atomic E-state index is -3.86. The van der Waals surface area contributed by atoms with E-state index in [1.165, 1.54) is 23.6 Å². The first-order valence-corrected chi connectivity index (χ1v) is 7.45. The lowest BCUT2D eigenvalue weighted by molar-refractivity contribution is 0.100. The maximum Gasteiger partial charge on any atom is 0.262 e. The summed E-state index contributed by atoms with van der Waals surface area (Å²) in [6.45, 7) is 0. The van der Waals surface area contributed by atoms with Crippen molar-refractivity contribution in [2.24, 2.45) is 5.73 Å². The molecule has 0 aliphatic rings. The molecule has 8 heteroatoms. The van der Waals surface area contributed by atoms with E-state index in [4.69, 9.17) is 5.73 Å². The zero-order chi connectivity index (χ0) is 14.0. The minimum absolute atomic E-state index is 0.0642. The summed E-state index contributed by atoms with van der Waals surface area (Å²) < 4.78 is 26.3. The summed E-state index contributed by atoms with van der Waals surface area (Å²) in [5, 5.41) is 10.8. The van der Waals surface area contributed by atoms with E-state index < -0.39 is 15.9 Å². The maximum absolute atomic E-state index is 12.0. The molecule has 0 spiro atoms. The number of primary amides is 1. The van der Waals surface area contributed by atoms with Crippen molar-refractivity contribution < 1.29 is 18.3 Å². The zero-order valence-electron chi connectivity index (χ0n) is 9.53. The number of benzene rings is 1. The van der Waals surface area contributed by atoms with Crippen molar-refractivity contribution in [2.45, 2.75) is 4.90 Å². The molecule has 0 unspecified atom stereocenters. The predicted octanol–water partition coefficient (Wildman–Crippen LogP) is 1.35. The van der Waals surface area contributed by atoms with E-state index in [-0.39, 0.29) is 21.2 Å². The lowest BCUT2D eigenvalue weighted by Gasteiger charge is -2.07. The number of carbonyl (C=O) groups is 1. The Morgan fingerprint density at radius 3 is 2.58 bits per heavy atom. The summed E-state index contributed by atoms with van der Waals surface area (Å²) >= 11 is 0.943. The molecule has 0 aliphatic heterocycles. The highest BCUT2D eigenvalue weighted by Crippen LogP contribution is 2.26. The Balaban J connectivity index is 2.32. The first-order valence-electron chi connectivity index (χ1n) is 5.09. The molecule has 0 fully saturated rings. The smallest absolute Gasteiger partial charge is 0.262 e. The van der Waals surface area contributed by atoms with Crippen molar-refractivity contribution in [3.05, 3.63) is 40.6 Å². The number of hydrogen-bond acceptors (Lipinski definition) is 5. The molecule has 1 heterocycles. The SMILES string of the molecule is NC(=O)c1cc(S(=O)(=O)Nc2ccccc2O)cs1. The Labute approximate surface area is 113 Å². The van der Waals surface area contributed by atoms with E-state index in [1.807, 2.05) is 0 Å². The standard InChI is InChI=1S/C11H10N2O4S2/c12-11(15)10-5-7(6-18-10)19(16,17)13-8-3-1-2-4-9(8)14/h1-6,13-14H,(H2,12,15). The van der Waals surface area contributed by atoms with Gasteiger partial charge in [-0.15, -0.1) is 11.3 Å². The summed E-state index contributed by atoms with van der Waals surface area (Å²) in [6.07, 6.45) is 0. The van der Waals surface area contributed by atoms with Crippen LogP contribution < -0.4 is 10.5 Å². The van der Waals surface area contributed by atoms with Crippen LogP contribution in [-0.2, 0) is 10.0 Å². The van der Waals surface area contributed by atoms with Gasteiger partial charge in [-0.1, -0.05) is 12.1 Å². The monoisotopic (exact) mass is 298 g/mol. The van der Waals surface area contributed by atoms with E-state index in [0.717, 1.165) is 11.3 Å². The maximum atomic E-state index is 12.0. The molecular formula is C11H10N2O4S2. The van der Waals surface area contributed by atoms with Crippen LogP contribution in [-0.4, -0.2) is 19.4 Å². The zero-order valence-corrected chi connectivity index (χ0v) is 11.2. The number of phenolic OH excluding ortho intramolecular Hbond substituents is 1. The molecule has 2 rings (SSSR count). The summed E-state index contributed by atoms with van der Waals surface area (Å²) in [5.74, 6) is -0.870. The van der Waals surface area contributed by atoms with Crippen LogP contribution in [0.5, 0.6) is 5.75 Å². The Hall–Kier alpha value is -2.06. The van der Waals surface area contributed by atoms with Gasteiger partial charge in [0, 0.05) is 5.38 Å². The van der Waals surface area contributed by atoms with E-state index in [1.54, 1.807) is 12.1 Å². The number of amides is 1. The Kier molecular flexibility index (Phi) is 3.45. The average Bonchev–Trinajstić information content (AvgIpc) is 2.82. The number of sulfonamides is 1. The van der Waals surface area contributed by atoms with Crippen LogP contribution in [0.4, 0.5) is 5.69 Å². The number of rotatable bonds is 4. The van der Waals surface area contributed by atoms with Gasteiger partial charge in [0.15, 0.2) is 0 Å². The van der Waals surface area contributed by atoms with Crippen LogP contribution in [0, 0.1) is 0 Å². The van der Waals surface area contributed by atoms with Crippen LogP contribution in [0.1, 0.15) is 9.67 Å². The summed E-state index contributed by atoms with van der Waals surface area (Å²) in [6, 6.07) is 7.13. The lowest BCUT2D eigenvalue weighted by Crippen LogP contribution is -2.13. The number of carbonyl (C=O) groups excluding carboxylic acids is 1. The Morgan fingerprint density at radius 2 is 2.00 bits per heavy atom. The van der Waals surface area contributed by atoms with Crippen LogP contribution in [0.25, 0.3) is 0 Å². The van der Waals surface area contributed by atoms with E-state index in [0.29, 0.717) is 0 Å². The molecule has 0 bridgehead atoms. The van der Waals surface area contributed by atoms with Crippen molar-refractivity contribution in [3.8, 4) is 5.75 Å². The first-order chi connectivity index (χ1) is 8.90. The van der Waals surface area contributed by atoms with Crippen molar-refractivity contribution in [2.75, 3.05) is 4.72 Å². The third kappa shape index (κ3) is 2.85. The van der Waals surface area contributed by atoms with Crippen LogP contribution in [0.3, 0.4) is 0 Å². The molecule has 100 valence electrons. The lowest BCUT2D eigenvalue weighted by atomic mass is 10.3. The van der Waals surface area contributed by atoms with Gasteiger partial charge in [-0.05, 0) is 18.2 Å². The molecule has 1 amide bonds. The second kappa shape index (κ2) is 4.90. The van der Waals surface area contributed by atoms with Gasteiger partial charge in [-0.2, -0.15) is 0 Å². The largest absolute Gasteiger partial charge is 0.506 e. The fourth-order valence-electron chi connectivity index (χ4n) is 1.35. The average molecular weight is 298 g/mol. The number of aromatic hydroxyl groups is 1. The van der Waals surface area contributed by atoms with Crippen LogP contribution in [0.15, 0.2) is 40.6 Å². The molecule has 6 nitrogen and oxygen atoms in total. The fraction of sp³-hybridized carbons (Fsp3) is 0. The van der Waals surface area contributed by atoms with Crippen LogP contribution in [0.2, 0.25) is 0 Å². The third-order valence-corrected chi connectivity index (χ3v) is 4.72. The molecular weight excluding hydrogens is 288 g/mol. The summed E-state index contributed by atoms with van der Waals surface area (Å²) in [7, 11) is -3.86. The van der Waals surface area contributed by atoms with Crippen molar-refractivity contribution in [1.29, 1.82) is 0 Å². The summed E-state index contributed by atoms with van der Waals surface area (Å²) in [4.78, 5) is 11.0. The van der Waals surface area contributed by atoms with Crippen molar-refractivity contribution in [1.82, 2.24) is 0 Å². The molecule has 1 aromatic heterocycles. The highest BCUT2D eigenvalue weighted by atomic mass is 32.2. The number of anilines is 1. The number of thiophene rings is 1. The number of hydrogen-bond donors (Lipinski definition) is 3. The Bertz CT molecular complexity index is 722. The third-order valence-electron chi connectivity index (χ3n) is 2.28. The second-order valence-electron chi connectivity index (χ2n) is 3.63. The van der Waals surface area contributed by atoms with Crippen molar-refractivity contribution in [3.63, 3.8) is 0 Å². The first kappa shape index (κ1) is 13.4. The van der Waals surface area contributed by atoms with Gasteiger partial charge in [0.25, 0.3) is 15.9 Å². The normalized spacial score (nSPS) is 11.2. The predicted molar refractivity (Wildman–Crippen MR) is 71.8 cm³/mol. The van der Waals surface area contributed by atoms with Crippen LogP contribution >= 0.6 is 11.3 Å². The number of nitrogens with two attached hydrogens (primary N) is 1. The molecule has 19 heavy (non-hydrogen) atoms. The molecule has 0 saturated carbocycles. The molecule has 0 atom stereocenters. The minimum Gasteiger partial charge on any atom is -0.506 e. The topological polar surface area (TPSA) is 109 Å². The van der Waals surface area contributed by atoms with Gasteiger partial charge in [-0.3, -0.25) is 9.52 Å². The number of para-hydroxylation sites is 2. The second-order valence-corrected chi connectivity index (χ2v) is 6.23. The Morgan fingerprint density at radius 1 is 1.32 bits per heavy atom. The molecule has 2 aromatic rings. The summed E-state index contributed by atoms with van der Waals surface area (Å²) in [5.41, 5.74) is 5.13. The highest BCUT2D eigenvalue weighted by Gasteiger charge is 2.19. The van der Waals surface area contributed by atoms with Gasteiger partial charge in [0.05, 0.1) is 15.5 Å². The highest BCUT2D eigenvalue weighted by molar-refractivity contribution is 7.92. The molecule has 4 N–H and O–H groups in total. The quantitative estimate of drug-likeness (QED) is 0.740. The molecule has 1 aromatic carbocycles. The molecule has 0 aliphatic carbocycles. The molecule has 0 radical (unpaired) electrons. The van der Waals surface area contributed by atoms with E-state index in [9.17, 15) is 18.3 Å². The van der Waals surface area contributed by atoms with Crippen molar-refractivity contribution >= 4 is 33.0 Å². The number of phenols is 1. The van der Waals surface area contributed by atoms with Gasteiger partial charge in [-0.25, -0.2) is 8.42 Å².